The van der Waals surface area contributed by atoms with Crippen LogP contribution in [0, 0.1) is 17.8 Å². The van der Waals surface area contributed by atoms with Gasteiger partial charge in [0.15, 0.2) is 37.7 Å². The van der Waals surface area contributed by atoms with Gasteiger partial charge in [-0.1, -0.05) is 27.7 Å². The summed E-state index contributed by atoms with van der Waals surface area (Å²) in [5.41, 5.74) is 0. The molecule has 6 fully saturated rings. The molecule has 19 N–H and O–H groups in total. The van der Waals surface area contributed by atoms with Gasteiger partial charge in [-0.3, -0.25) is 0 Å². The van der Waals surface area contributed by atoms with Crippen LogP contribution in [0.5, 0.6) is 0 Å². The Morgan fingerprint density at radius 2 is 0.797 bits per heavy atom. The monoisotopic (exact) mass is 1160 g/mol. The van der Waals surface area contributed by atoms with Gasteiger partial charge in [-0.25, -0.2) is 0 Å². The maximum atomic E-state index is 11.9. The van der Waals surface area contributed by atoms with Gasteiger partial charge in [-0.05, 0) is 6.92 Å². The third-order valence-corrected chi connectivity index (χ3v) is 15.4. The maximum absolute atomic E-state index is 11.9. The van der Waals surface area contributed by atoms with Gasteiger partial charge in [0.05, 0.1) is 71.2 Å². The van der Waals surface area contributed by atoms with E-state index in [-0.39, 0.29) is 0 Å². The van der Waals surface area contributed by atoms with Crippen molar-refractivity contribution in [3.63, 3.8) is 0 Å². The van der Waals surface area contributed by atoms with Crippen molar-refractivity contribution in [3.8, 4) is 0 Å². The molecule has 0 aromatic rings. The van der Waals surface area contributed by atoms with Gasteiger partial charge in [0.1, 0.15) is 134 Å². The van der Waals surface area contributed by atoms with Crippen molar-refractivity contribution in [3.05, 3.63) is 0 Å². The lowest BCUT2D eigenvalue weighted by molar-refractivity contribution is -0.386. The molecular weight excluding hydrogens is 1080 g/mol. The molecule has 0 spiro atoms. The summed E-state index contributed by atoms with van der Waals surface area (Å²) in [5, 5.41) is 203. The molecule has 0 amide bonds. The van der Waals surface area contributed by atoms with Crippen molar-refractivity contribution >= 4 is 0 Å². The highest BCUT2D eigenvalue weighted by molar-refractivity contribution is 4.98. The van der Waals surface area contributed by atoms with Crippen molar-refractivity contribution < 1.29 is 159 Å². The summed E-state index contributed by atoms with van der Waals surface area (Å²) in [6, 6.07) is 0. The smallest absolute Gasteiger partial charge is 0.187 e. The Morgan fingerprint density at radius 1 is 0.354 bits per heavy atom. The third kappa shape index (κ3) is 14.9. The van der Waals surface area contributed by atoms with Crippen LogP contribution in [0.25, 0.3) is 0 Å². The zero-order valence-electron chi connectivity index (χ0n) is 44.1. The van der Waals surface area contributed by atoms with E-state index in [1.807, 2.05) is 0 Å². The van der Waals surface area contributed by atoms with Crippen molar-refractivity contribution in [2.75, 3.05) is 52.9 Å². The maximum Gasteiger partial charge on any atom is 0.187 e. The minimum Gasteiger partial charge on any atom is -0.394 e. The number of ether oxygens (including phenoxy) is 13. The van der Waals surface area contributed by atoms with E-state index in [1.54, 1.807) is 27.7 Å². The van der Waals surface area contributed by atoms with Gasteiger partial charge in [0.25, 0.3) is 0 Å². The van der Waals surface area contributed by atoms with E-state index in [0.29, 0.717) is 0 Å². The van der Waals surface area contributed by atoms with Gasteiger partial charge in [0.2, 0.25) is 0 Å². The van der Waals surface area contributed by atoms with Crippen LogP contribution >= 0.6 is 0 Å². The fourth-order valence-electron chi connectivity index (χ4n) is 10.1. The summed E-state index contributed by atoms with van der Waals surface area (Å²) < 4.78 is 76.5. The average Bonchev–Trinajstić information content (AvgIpc) is 3.45. The van der Waals surface area contributed by atoms with Crippen LogP contribution in [-0.2, 0) is 61.6 Å². The van der Waals surface area contributed by atoms with Gasteiger partial charge < -0.3 is 159 Å². The average molecular weight is 1160 g/mol. The van der Waals surface area contributed by atoms with Crippen LogP contribution in [-0.4, -0.2) is 340 Å². The molecule has 0 saturated carbocycles. The molecule has 0 aromatic carbocycles. The normalized spacial score (nSPS) is 48.4. The second kappa shape index (κ2) is 29.7. The molecule has 464 valence electrons. The SMILES string of the molecule is CC(C)[C@@H](OC(CO)[C@H](CO)O[C@@H]1OC(CO[C@H]2OC(CO)[C@@H](O)C(O)[C@H]2O[C@@H]2O[C@@H](CO)[C@@H](O[C@@H]3OC(CO)[C@H](O)C(O)[C@@H]3O)C(O)C2C)[C@@H](O)C(O[C@H]2O[C@H](CO)[C@@H](O)C(O)C2O)[C@H]1O)O[C@@H]1C(CO)O[C@@H](C)[C@@H](C)C1O. The van der Waals surface area contributed by atoms with Gasteiger partial charge in [0, 0.05) is 17.8 Å². The summed E-state index contributed by atoms with van der Waals surface area (Å²) in [6.07, 6.45) is -52.1. The zero-order valence-corrected chi connectivity index (χ0v) is 44.1. The van der Waals surface area contributed by atoms with Crippen LogP contribution in [0.15, 0.2) is 0 Å². The molecule has 33 atom stereocenters. The molecule has 6 aliphatic heterocycles. The summed E-state index contributed by atoms with van der Waals surface area (Å²) in [6.45, 7) is 1.29. The van der Waals surface area contributed by atoms with E-state index >= 15 is 0 Å². The molecule has 79 heavy (non-hydrogen) atoms. The highest BCUT2D eigenvalue weighted by Gasteiger charge is 2.56. The third-order valence-electron chi connectivity index (χ3n) is 15.4. The van der Waals surface area contributed by atoms with Crippen LogP contribution in [0.2, 0.25) is 0 Å². The Labute approximate surface area is 453 Å². The van der Waals surface area contributed by atoms with E-state index in [0.717, 1.165) is 0 Å². The Morgan fingerprint density at radius 3 is 1.30 bits per heavy atom. The van der Waals surface area contributed by atoms with Crippen LogP contribution in [0.1, 0.15) is 34.6 Å². The summed E-state index contributed by atoms with van der Waals surface area (Å²) >= 11 is 0. The molecule has 6 rings (SSSR count). The Balaban J connectivity index is 1.23. The highest BCUT2D eigenvalue weighted by atomic mass is 16.8. The molecule has 32 nitrogen and oxygen atoms in total. The highest BCUT2D eigenvalue weighted by Crippen LogP contribution is 2.37. The van der Waals surface area contributed by atoms with Crippen LogP contribution in [0.4, 0.5) is 0 Å². The largest absolute Gasteiger partial charge is 0.394 e. The molecule has 13 unspecified atom stereocenters. The lowest BCUT2D eigenvalue weighted by Crippen LogP contribution is -2.66. The van der Waals surface area contributed by atoms with Crippen molar-refractivity contribution in [2.45, 2.75) is 225 Å². The van der Waals surface area contributed by atoms with E-state index in [4.69, 9.17) is 61.6 Å². The number of rotatable bonds is 24. The zero-order chi connectivity index (χ0) is 58.5. The van der Waals surface area contributed by atoms with E-state index < -0.39 is 261 Å². The number of aliphatic hydroxyl groups is 19. The van der Waals surface area contributed by atoms with Crippen molar-refractivity contribution in [1.29, 1.82) is 0 Å². The lowest BCUT2D eigenvalue weighted by atomic mass is 9.89. The molecule has 0 bridgehead atoms. The van der Waals surface area contributed by atoms with Crippen molar-refractivity contribution in [2.24, 2.45) is 17.8 Å². The predicted octanol–water partition coefficient (Wildman–Crippen LogP) is -10.7. The molecule has 6 aliphatic rings. The van der Waals surface area contributed by atoms with E-state index in [2.05, 4.69) is 0 Å². The van der Waals surface area contributed by atoms with Crippen LogP contribution < -0.4 is 0 Å². The molecule has 0 radical (unpaired) electrons. The fraction of sp³-hybridized carbons (Fsp3) is 1.00. The minimum atomic E-state index is -2.16. The Kier molecular flexibility index (Phi) is 25.1. The van der Waals surface area contributed by atoms with E-state index in [9.17, 15) is 97.0 Å². The standard InChI is InChI=1S/C47H84O32/c1-14(2)42(76-38-23(11-53)68-17(5)15(3)26(38)55)69-18(6-48)19(7-49)70-46-37(66)40(78-45-36(65)33(62)29(58)21(9-51)72-45)31(60)25(75-46)13-67-47-41(34(63)30(59)22(10-52)73-47)79-43-16(4)27(56)39(24(12-54)74-43)77-44-35(64)32(61)28(57)20(8-50)71-44/h14-66H,6-13H2,1-5H3/t15-,16?,17+,18?,19+,20?,21-,22?,23?,24+,25?,26?,27?,28+,29-,30-,31-,32?,33?,34?,35+,36?,37-,38-,39-,40?,41-,42+,43+,44+,45-,46-,47+/m1/s1. The Hall–Kier alpha value is -1.28. The number of hydrogen-bond acceptors (Lipinski definition) is 32. The number of hydrogen-bond donors (Lipinski definition) is 19. The molecule has 0 aliphatic carbocycles. The second-order valence-corrected chi connectivity index (χ2v) is 21.2. The Bertz CT molecular complexity index is 1770. The quantitative estimate of drug-likeness (QED) is 0.0399. The summed E-state index contributed by atoms with van der Waals surface area (Å²) in [5.74, 6) is -2.19. The first-order valence-corrected chi connectivity index (χ1v) is 26.3. The van der Waals surface area contributed by atoms with Gasteiger partial charge in [-0.2, -0.15) is 0 Å². The van der Waals surface area contributed by atoms with Crippen LogP contribution in [0.3, 0.4) is 0 Å². The molecule has 6 heterocycles. The lowest BCUT2D eigenvalue weighted by Gasteiger charge is -2.49. The first-order chi connectivity index (χ1) is 37.4. The first kappa shape index (κ1) is 66.9. The molecule has 6 saturated heterocycles. The molecule has 32 heteroatoms. The summed E-state index contributed by atoms with van der Waals surface area (Å²) in [4.78, 5) is 0. The summed E-state index contributed by atoms with van der Waals surface area (Å²) in [7, 11) is 0. The van der Waals surface area contributed by atoms with Crippen molar-refractivity contribution in [1.82, 2.24) is 0 Å². The van der Waals surface area contributed by atoms with E-state index in [1.165, 1.54) is 6.92 Å². The number of aliphatic hydroxyl groups excluding tert-OH is 19. The second-order valence-electron chi connectivity index (χ2n) is 21.2. The van der Waals surface area contributed by atoms with Gasteiger partial charge in [-0.15, -0.1) is 0 Å². The minimum absolute atomic E-state index is 0.455. The van der Waals surface area contributed by atoms with Gasteiger partial charge >= 0.3 is 0 Å². The fourth-order valence-corrected chi connectivity index (χ4v) is 10.1. The first-order valence-electron chi connectivity index (χ1n) is 26.3. The predicted molar refractivity (Wildman–Crippen MR) is 251 cm³/mol. The topological polar surface area (TPSA) is 504 Å². The molecule has 0 aromatic heterocycles. The molecular formula is C47H84O32.